The van der Waals surface area contributed by atoms with Crippen molar-refractivity contribution in [2.45, 2.75) is 45.2 Å². The van der Waals surface area contributed by atoms with Gasteiger partial charge in [-0.3, -0.25) is 4.79 Å². The summed E-state index contributed by atoms with van der Waals surface area (Å²) in [6.07, 6.45) is 1.46. The molecule has 1 amide bonds. The normalized spacial score (nSPS) is 12.0. The Bertz CT molecular complexity index is 1230. The molecule has 0 saturated heterocycles. The zero-order valence-electron chi connectivity index (χ0n) is 19.3. The van der Waals surface area contributed by atoms with Crippen molar-refractivity contribution < 1.29 is 17.6 Å². The van der Waals surface area contributed by atoms with Gasteiger partial charge in [0, 0.05) is 32.4 Å². The second kappa shape index (κ2) is 10.1. The molecule has 0 fully saturated rings. The third kappa shape index (κ3) is 5.13. The molecule has 0 aliphatic rings. The minimum atomic E-state index is -3.68. The zero-order chi connectivity index (χ0) is 24.3. The molecule has 178 valence electrons. The van der Waals surface area contributed by atoms with E-state index in [-0.39, 0.29) is 40.9 Å². The maximum Gasteiger partial charge on any atom is 0.271 e. The van der Waals surface area contributed by atoms with Crippen LogP contribution in [0.5, 0.6) is 0 Å². The topological polar surface area (TPSA) is 102 Å². The van der Waals surface area contributed by atoms with Crippen LogP contribution < -0.4 is 0 Å². The number of carbonyl (C=O) groups is 1. The van der Waals surface area contributed by atoms with Gasteiger partial charge in [-0.05, 0) is 32.0 Å². The number of carbonyl (C=O) groups excluding carboxylic acids is 1. The summed E-state index contributed by atoms with van der Waals surface area (Å²) in [6, 6.07) is 8.32. The standard InChI is InChI=1S/C22H28ClN5O4S/c1-6-27(7-2)33(30,31)16-12-19(26(5)13-16)22(29)28(15(3)4)14-20-24-25-21(32-20)17-10-8-9-11-18(17)23/h8-13,15H,6-7,14H2,1-5H3. The van der Waals surface area contributed by atoms with Crippen LogP contribution in [0.4, 0.5) is 0 Å². The van der Waals surface area contributed by atoms with Gasteiger partial charge in [-0.15, -0.1) is 10.2 Å². The average molecular weight is 494 g/mol. The predicted molar refractivity (Wildman–Crippen MR) is 125 cm³/mol. The first-order chi connectivity index (χ1) is 15.6. The number of hydrogen-bond acceptors (Lipinski definition) is 6. The molecule has 0 aliphatic heterocycles. The molecule has 0 radical (unpaired) electrons. The van der Waals surface area contributed by atoms with Gasteiger partial charge in [0.05, 0.1) is 17.1 Å². The van der Waals surface area contributed by atoms with E-state index in [1.165, 1.54) is 21.1 Å². The summed E-state index contributed by atoms with van der Waals surface area (Å²) in [4.78, 5) is 15.0. The van der Waals surface area contributed by atoms with Gasteiger partial charge in [0.1, 0.15) is 10.6 Å². The Morgan fingerprint density at radius 3 is 2.45 bits per heavy atom. The second-order valence-corrected chi connectivity index (χ2v) is 10.1. The molecule has 2 aromatic heterocycles. The fourth-order valence-corrected chi connectivity index (χ4v) is 5.19. The lowest BCUT2D eigenvalue weighted by Crippen LogP contribution is -2.37. The highest BCUT2D eigenvalue weighted by molar-refractivity contribution is 7.89. The maximum atomic E-state index is 13.4. The molecule has 3 aromatic rings. The molecule has 0 saturated carbocycles. The lowest BCUT2D eigenvalue weighted by atomic mass is 10.2. The lowest BCUT2D eigenvalue weighted by Gasteiger charge is -2.25. The molecule has 0 unspecified atom stereocenters. The summed E-state index contributed by atoms with van der Waals surface area (Å²) in [5.74, 6) is 0.168. The van der Waals surface area contributed by atoms with Crippen molar-refractivity contribution in [2.75, 3.05) is 13.1 Å². The van der Waals surface area contributed by atoms with Crippen LogP contribution in [0.1, 0.15) is 44.1 Å². The Kier molecular flexibility index (Phi) is 7.61. The van der Waals surface area contributed by atoms with Crippen molar-refractivity contribution in [3.05, 3.63) is 53.1 Å². The quantitative estimate of drug-likeness (QED) is 0.449. The van der Waals surface area contributed by atoms with E-state index >= 15 is 0 Å². The summed E-state index contributed by atoms with van der Waals surface area (Å²) < 4.78 is 34.4. The van der Waals surface area contributed by atoms with Crippen molar-refractivity contribution in [3.63, 3.8) is 0 Å². The molecule has 11 heteroatoms. The average Bonchev–Trinajstić information content (AvgIpc) is 3.39. The fraction of sp³-hybridized carbons (Fsp3) is 0.409. The highest BCUT2D eigenvalue weighted by Crippen LogP contribution is 2.27. The number of amides is 1. The van der Waals surface area contributed by atoms with Crippen LogP contribution in [0.2, 0.25) is 5.02 Å². The fourth-order valence-electron chi connectivity index (χ4n) is 3.44. The number of hydrogen-bond donors (Lipinski definition) is 0. The highest BCUT2D eigenvalue weighted by Gasteiger charge is 2.29. The van der Waals surface area contributed by atoms with E-state index in [0.717, 1.165) is 0 Å². The first-order valence-electron chi connectivity index (χ1n) is 10.6. The van der Waals surface area contributed by atoms with Crippen LogP contribution in [-0.2, 0) is 23.6 Å². The maximum absolute atomic E-state index is 13.4. The van der Waals surface area contributed by atoms with Crippen LogP contribution in [0, 0.1) is 0 Å². The van der Waals surface area contributed by atoms with Gasteiger partial charge in [0.15, 0.2) is 0 Å². The van der Waals surface area contributed by atoms with E-state index in [9.17, 15) is 13.2 Å². The van der Waals surface area contributed by atoms with Gasteiger partial charge >= 0.3 is 0 Å². The van der Waals surface area contributed by atoms with E-state index in [2.05, 4.69) is 10.2 Å². The largest absolute Gasteiger partial charge is 0.419 e. The van der Waals surface area contributed by atoms with Crippen LogP contribution in [0.25, 0.3) is 11.5 Å². The zero-order valence-corrected chi connectivity index (χ0v) is 20.9. The molecule has 3 rings (SSSR count). The Morgan fingerprint density at radius 2 is 1.85 bits per heavy atom. The van der Waals surface area contributed by atoms with E-state index < -0.39 is 10.0 Å². The third-order valence-corrected chi connectivity index (χ3v) is 7.65. The van der Waals surface area contributed by atoms with Crippen molar-refractivity contribution >= 4 is 27.5 Å². The Morgan fingerprint density at radius 1 is 1.18 bits per heavy atom. The van der Waals surface area contributed by atoms with E-state index in [1.54, 1.807) is 44.0 Å². The Labute approximate surface area is 199 Å². The molecule has 9 nitrogen and oxygen atoms in total. The van der Waals surface area contributed by atoms with E-state index in [4.69, 9.17) is 16.0 Å². The van der Waals surface area contributed by atoms with Crippen molar-refractivity contribution in [2.24, 2.45) is 7.05 Å². The summed E-state index contributed by atoms with van der Waals surface area (Å²) >= 11 is 6.21. The van der Waals surface area contributed by atoms with Gasteiger partial charge in [0.25, 0.3) is 5.91 Å². The Balaban J connectivity index is 1.88. The minimum absolute atomic E-state index is 0.0667. The van der Waals surface area contributed by atoms with Crippen molar-refractivity contribution in [1.29, 1.82) is 0 Å². The molecule has 0 atom stereocenters. The van der Waals surface area contributed by atoms with Crippen LogP contribution in [0.3, 0.4) is 0 Å². The Hall–Kier alpha value is -2.69. The monoisotopic (exact) mass is 493 g/mol. The highest BCUT2D eigenvalue weighted by atomic mass is 35.5. The van der Waals surface area contributed by atoms with Crippen LogP contribution >= 0.6 is 11.6 Å². The van der Waals surface area contributed by atoms with E-state index in [1.807, 2.05) is 19.9 Å². The molecular weight excluding hydrogens is 466 g/mol. The van der Waals surface area contributed by atoms with Gasteiger partial charge in [-0.25, -0.2) is 8.42 Å². The molecule has 1 aromatic carbocycles. The second-order valence-electron chi connectivity index (χ2n) is 7.77. The number of halogens is 1. The predicted octanol–water partition coefficient (Wildman–Crippen LogP) is 3.81. The minimum Gasteiger partial charge on any atom is -0.419 e. The number of benzene rings is 1. The summed E-state index contributed by atoms with van der Waals surface area (Å²) in [5.41, 5.74) is 0.856. The van der Waals surface area contributed by atoms with Gasteiger partial charge in [-0.2, -0.15) is 4.31 Å². The number of aryl methyl sites for hydroxylation is 1. The van der Waals surface area contributed by atoms with Crippen LogP contribution in [-0.4, -0.2) is 57.4 Å². The number of nitrogens with zero attached hydrogens (tertiary/aromatic N) is 5. The molecular formula is C22H28ClN5O4S. The van der Waals surface area contributed by atoms with Gasteiger partial charge < -0.3 is 13.9 Å². The SMILES string of the molecule is CCN(CC)S(=O)(=O)c1cc(C(=O)N(Cc2nnc(-c3ccccc3Cl)o2)C(C)C)n(C)c1. The lowest BCUT2D eigenvalue weighted by molar-refractivity contribution is 0.0662. The number of sulfonamides is 1. The van der Waals surface area contributed by atoms with Crippen molar-refractivity contribution in [1.82, 2.24) is 24.0 Å². The van der Waals surface area contributed by atoms with Gasteiger partial charge in [0.2, 0.25) is 21.8 Å². The first kappa shape index (κ1) is 24.9. The van der Waals surface area contributed by atoms with Crippen LogP contribution in [0.15, 0.2) is 45.8 Å². The van der Waals surface area contributed by atoms with Gasteiger partial charge in [-0.1, -0.05) is 37.6 Å². The molecule has 2 heterocycles. The molecule has 0 aliphatic carbocycles. The van der Waals surface area contributed by atoms with Crippen molar-refractivity contribution in [3.8, 4) is 11.5 Å². The molecule has 33 heavy (non-hydrogen) atoms. The summed E-state index contributed by atoms with van der Waals surface area (Å²) in [7, 11) is -2.04. The summed E-state index contributed by atoms with van der Waals surface area (Å²) in [6.45, 7) is 8.03. The smallest absolute Gasteiger partial charge is 0.271 e. The third-order valence-electron chi connectivity index (χ3n) is 5.30. The first-order valence-corrected chi connectivity index (χ1v) is 12.5. The summed E-state index contributed by atoms with van der Waals surface area (Å²) in [5, 5.41) is 8.60. The molecule has 0 bridgehead atoms. The number of aromatic nitrogens is 3. The molecule has 0 N–H and O–H groups in total. The number of rotatable bonds is 9. The molecule has 0 spiro atoms. The van der Waals surface area contributed by atoms with E-state index in [0.29, 0.717) is 23.7 Å².